The standard InChI is InChI=1S/C6H7BrF2O2/c1-2-11-6(10)4(8)3-5(7)9/h3,5H,2H2,1H3/b4-3+. The molecule has 11 heavy (non-hydrogen) atoms. The highest BCUT2D eigenvalue weighted by Crippen LogP contribution is 2.08. The van der Waals surface area contributed by atoms with Gasteiger partial charge in [0.15, 0.2) is 5.08 Å². The van der Waals surface area contributed by atoms with Gasteiger partial charge in [0.05, 0.1) is 6.61 Å². The number of hydrogen-bond acceptors (Lipinski definition) is 2. The molecule has 1 unspecified atom stereocenters. The summed E-state index contributed by atoms with van der Waals surface area (Å²) >= 11 is 2.40. The first-order chi connectivity index (χ1) is 5.07. The maximum absolute atomic E-state index is 12.4. The molecular formula is C6H7BrF2O2. The summed E-state index contributed by atoms with van der Waals surface area (Å²) in [6.45, 7) is 1.60. The lowest BCUT2D eigenvalue weighted by atomic mass is 10.5. The summed E-state index contributed by atoms with van der Waals surface area (Å²) in [5.74, 6) is -2.37. The summed E-state index contributed by atoms with van der Waals surface area (Å²) in [5.41, 5.74) is 0. The Kier molecular flexibility index (Phi) is 5.02. The zero-order valence-electron chi connectivity index (χ0n) is 5.81. The van der Waals surface area contributed by atoms with E-state index in [1.165, 1.54) is 6.92 Å². The van der Waals surface area contributed by atoms with E-state index in [9.17, 15) is 13.6 Å². The van der Waals surface area contributed by atoms with E-state index in [1.54, 1.807) is 0 Å². The number of alkyl halides is 2. The van der Waals surface area contributed by atoms with Crippen molar-refractivity contribution in [2.45, 2.75) is 12.0 Å². The predicted molar refractivity (Wildman–Crippen MR) is 39.6 cm³/mol. The highest BCUT2D eigenvalue weighted by atomic mass is 79.9. The molecule has 5 heteroatoms. The van der Waals surface area contributed by atoms with Crippen molar-refractivity contribution in [2.75, 3.05) is 6.61 Å². The molecular weight excluding hydrogens is 222 g/mol. The molecule has 0 aromatic heterocycles. The number of halogens is 3. The van der Waals surface area contributed by atoms with Gasteiger partial charge in [0.1, 0.15) is 0 Å². The van der Waals surface area contributed by atoms with Crippen molar-refractivity contribution in [3.8, 4) is 0 Å². The number of carbonyl (C=O) groups is 1. The third-order valence-corrected chi connectivity index (χ3v) is 1.01. The van der Waals surface area contributed by atoms with E-state index < -0.39 is 16.9 Å². The minimum Gasteiger partial charge on any atom is -0.461 e. The molecule has 0 saturated heterocycles. The number of rotatable bonds is 3. The van der Waals surface area contributed by atoms with E-state index in [1.807, 2.05) is 0 Å². The summed E-state index contributed by atoms with van der Waals surface area (Å²) in [4.78, 5) is 10.4. The topological polar surface area (TPSA) is 26.3 Å². The number of ether oxygens (including phenoxy) is 1. The van der Waals surface area contributed by atoms with Crippen LogP contribution in [-0.2, 0) is 9.53 Å². The Balaban J connectivity index is 4.01. The lowest BCUT2D eigenvalue weighted by Crippen LogP contribution is -2.05. The van der Waals surface area contributed by atoms with Crippen LogP contribution >= 0.6 is 15.9 Å². The van der Waals surface area contributed by atoms with Crippen molar-refractivity contribution in [3.63, 3.8) is 0 Å². The molecule has 0 aliphatic rings. The van der Waals surface area contributed by atoms with E-state index in [0.29, 0.717) is 6.08 Å². The van der Waals surface area contributed by atoms with Crippen molar-refractivity contribution >= 4 is 21.9 Å². The van der Waals surface area contributed by atoms with E-state index in [-0.39, 0.29) is 6.61 Å². The van der Waals surface area contributed by atoms with E-state index in [0.717, 1.165) is 0 Å². The van der Waals surface area contributed by atoms with Crippen molar-refractivity contribution in [2.24, 2.45) is 0 Å². The Labute approximate surface area is 71.3 Å². The van der Waals surface area contributed by atoms with Crippen LogP contribution in [0.5, 0.6) is 0 Å². The normalized spacial score (nSPS) is 14.4. The van der Waals surface area contributed by atoms with Crippen LogP contribution in [0.3, 0.4) is 0 Å². The fraction of sp³-hybridized carbons (Fsp3) is 0.500. The third-order valence-electron chi connectivity index (χ3n) is 0.743. The summed E-state index contributed by atoms with van der Waals surface area (Å²) in [5, 5.41) is -1.66. The Hall–Kier alpha value is -0.450. The maximum atomic E-state index is 12.4. The Bertz CT molecular complexity index is 168. The van der Waals surface area contributed by atoms with Crippen molar-refractivity contribution in [1.29, 1.82) is 0 Å². The van der Waals surface area contributed by atoms with E-state index in [4.69, 9.17) is 0 Å². The summed E-state index contributed by atoms with van der Waals surface area (Å²) in [6, 6.07) is 0. The molecule has 0 aromatic carbocycles. The fourth-order valence-corrected chi connectivity index (χ4v) is 0.611. The van der Waals surface area contributed by atoms with E-state index >= 15 is 0 Å². The number of carbonyl (C=O) groups excluding carboxylic acids is 1. The first-order valence-corrected chi connectivity index (χ1v) is 3.82. The summed E-state index contributed by atoms with van der Waals surface area (Å²) < 4.78 is 28.5. The number of esters is 1. The zero-order valence-corrected chi connectivity index (χ0v) is 7.40. The molecule has 0 fully saturated rings. The molecule has 0 aliphatic carbocycles. The molecule has 0 saturated carbocycles. The SMILES string of the molecule is CCOC(=O)/C(F)=C\C(F)Br. The molecule has 0 aliphatic heterocycles. The summed E-state index contributed by atoms with van der Waals surface area (Å²) in [7, 11) is 0. The second kappa shape index (κ2) is 5.23. The lowest BCUT2D eigenvalue weighted by Gasteiger charge is -1.97. The van der Waals surface area contributed by atoms with Crippen LogP contribution in [0, 0.1) is 0 Å². The van der Waals surface area contributed by atoms with Gasteiger partial charge in [0, 0.05) is 6.08 Å². The van der Waals surface area contributed by atoms with Gasteiger partial charge in [-0.3, -0.25) is 0 Å². The van der Waals surface area contributed by atoms with Crippen molar-refractivity contribution < 1.29 is 18.3 Å². The lowest BCUT2D eigenvalue weighted by molar-refractivity contribution is -0.140. The molecule has 64 valence electrons. The zero-order chi connectivity index (χ0) is 8.85. The average Bonchev–Trinajstić information content (AvgIpc) is 1.86. The van der Waals surface area contributed by atoms with Gasteiger partial charge in [-0.1, -0.05) is 0 Å². The van der Waals surface area contributed by atoms with E-state index in [2.05, 4.69) is 20.7 Å². The molecule has 0 bridgehead atoms. The number of hydrogen-bond donors (Lipinski definition) is 0. The smallest absolute Gasteiger partial charge is 0.366 e. The van der Waals surface area contributed by atoms with Gasteiger partial charge in [0.25, 0.3) is 0 Å². The average molecular weight is 229 g/mol. The van der Waals surface area contributed by atoms with Crippen LogP contribution in [0.4, 0.5) is 8.78 Å². The minimum absolute atomic E-state index is 0.0688. The van der Waals surface area contributed by atoms with Crippen molar-refractivity contribution in [1.82, 2.24) is 0 Å². The Morgan fingerprint density at radius 2 is 2.36 bits per heavy atom. The molecule has 0 rings (SSSR count). The van der Waals surface area contributed by atoms with Gasteiger partial charge in [-0.2, -0.15) is 4.39 Å². The molecule has 0 aromatic rings. The molecule has 0 amide bonds. The molecule has 0 spiro atoms. The Morgan fingerprint density at radius 1 is 1.82 bits per heavy atom. The summed E-state index contributed by atoms with van der Waals surface area (Å²) in [6.07, 6.45) is 0.484. The largest absolute Gasteiger partial charge is 0.461 e. The first-order valence-electron chi connectivity index (χ1n) is 2.90. The molecule has 0 heterocycles. The van der Waals surface area contributed by atoms with Crippen LogP contribution in [0.2, 0.25) is 0 Å². The second-order valence-corrected chi connectivity index (χ2v) is 2.44. The molecule has 2 nitrogen and oxygen atoms in total. The quantitative estimate of drug-likeness (QED) is 0.420. The monoisotopic (exact) mass is 228 g/mol. The van der Waals surface area contributed by atoms with Gasteiger partial charge in [-0.05, 0) is 22.9 Å². The predicted octanol–water partition coefficient (Wildman–Crippen LogP) is 2.09. The van der Waals surface area contributed by atoms with Crippen LogP contribution < -0.4 is 0 Å². The highest BCUT2D eigenvalue weighted by Gasteiger charge is 2.10. The van der Waals surface area contributed by atoms with Crippen molar-refractivity contribution in [3.05, 3.63) is 11.9 Å². The van der Waals surface area contributed by atoms with Gasteiger partial charge in [0.2, 0.25) is 5.83 Å². The van der Waals surface area contributed by atoms with Crippen LogP contribution in [0.25, 0.3) is 0 Å². The Morgan fingerprint density at radius 3 is 2.73 bits per heavy atom. The van der Waals surface area contributed by atoms with Crippen LogP contribution in [-0.4, -0.2) is 17.7 Å². The van der Waals surface area contributed by atoms with Crippen LogP contribution in [0.1, 0.15) is 6.92 Å². The third kappa shape index (κ3) is 4.89. The second-order valence-electron chi connectivity index (χ2n) is 1.57. The van der Waals surface area contributed by atoms with Crippen LogP contribution in [0.15, 0.2) is 11.9 Å². The molecule has 0 radical (unpaired) electrons. The first kappa shape index (κ1) is 10.6. The highest BCUT2D eigenvalue weighted by molar-refractivity contribution is 9.09. The van der Waals surface area contributed by atoms with Gasteiger partial charge in [-0.15, -0.1) is 0 Å². The fourth-order valence-electron chi connectivity index (χ4n) is 0.379. The van der Waals surface area contributed by atoms with Gasteiger partial charge in [-0.25, -0.2) is 9.18 Å². The maximum Gasteiger partial charge on any atom is 0.366 e. The minimum atomic E-state index is -1.66. The van der Waals surface area contributed by atoms with Gasteiger partial charge >= 0.3 is 5.97 Å². The number of allylic oxidation sites excluding steroid dienone is 1. The van der Waals surface area contributed by atoms with Gasteiger partial charge < -0.3 is 4.74 Å². The molecule has 0 N–H and O–H groups in total. The molecule has 1 atom stereocenters.